The summed E-state index contributed by atoms with van der Waals surface area (Å²) in [5.74, 6) is -0.358. The summed E-state index contributed by atoms with van der Waals surface area (Å²) in [5.41, 5.74) is 1.70. The lowest BCUT2D eigenvalue weighted by molar-refractivity contribution is 0.102. The number of pyridine rings is 1. The van der Waals surface area contributed by atoms with Gasteiger partial charge in [0.2, 0.25) is 0 Å². The van der Waals surface area contributed by atoms with Crippen molar-refractivity contribution < 1.29 is 4.79 Å². The molecule has 7 heteroatoms. The number of nitrogens with zero attached hydrogens (tertiary/aromatic N) is 1. The van der Waals surface area contributed by atoms with Gasteiger partial charge in [0.15, 0.2) is 0 Å². The maximum absolute atomic E-state index is 12.2. The molecule has 0 fully saturated rings. The zero-order chi connectivity index (χ0) is 14.9. The maximum Gasteiger partial charge on any atom is 0.255 e. The number of anilines is 1. The molecule has 0 aliphatic carbocycles. The van der Waals surface area contributed by atoms with E-state index in [-0.39, 0.29) is 16.2 Å². The predicted molar refractivity (Wildman–Crippen MR) is 86.1 cm³/mol. The van der Waals surface area contributed by atoms with E-state index in [0.29, 0.717) is 16.3 Å². The van der Waals surface area contributed by atoms with Gasteiger partial charge in [0.25, 0.3) is 5.91 Å². The molecule has 0 aliphatic heterocycles. The van der Waals surface area contributed by atoms with E-state index in [9.17, 15) is 4.79 Å². The molecule has 0 saturated heterocycles. The number of nitrogens with one attached hydrogen (secondary N) is 1. The molecule has 104 valence electrons. The number of carbonyl (C=O) groups is 1. The highest BCUT2D eigenvalue weighted by Crippen LogP contribution is 2.30. The first-order valence-corrected chi connectivity index (χ1v) is 7.39. The summed E-state index contributed by atoms with van der Waals surface area (Å²) in [6, 6.07) is 6.43. The van der Waals surface area contributed by atoms with Crippen LogP contribution in [0.2, 0.25) is 15.3 Å². The maximum atomic E-state index is 12.2. The number of benzene rings is 1. The molecule has 0 aliphatic rings. The molecule has 1 heterocycles. The zero-order valence-electron chi connectivity index (χ0n) is 10.2. The fraction of sp³-hybridized carbons (Fsp3) is 0.0769. The molecule has 20 heavy (non-hydrogen) atoms. The second-order valence-electron chi connectivity index (χ2n) is 4.03. The van der Waals surface area contributed by atoms with Gasteiger partial charge >= 0.3 is 0 Å². The number of hydrogen-bond acceptors (Lipinski definition) is 2. The third kappa shape index (κ3) is 3.64. The van der Waals surface area contributed by atoms with E-state index in [0.717, 1.165) is 10.0 Å². The highest BCUT2D eigenvalue weighted by atomic mass is 79.9. The molecule has 0 radical (unpaired) electrons. The summed E-state index contributed by atoms with van der Waals surface area (Å²) in [7, 11) is 0. The van der Waals surface area contributed by atoms with Crippen LogP contribution in [0.1, 0.15) is 15.9 Å². The van der Waals surface area contributed by atoms with Crippen molar-refractivity contribution in [2.24, 2.45) is 0 Å². The number of amides is 1. The lowest BCUT2D eigenvalue weighted by Crippen LogP contribution is -2.13. The molecule has 0 atom stereocenters. The van der Waals surface area contributed by atoms with Crippen molar-refractivity contribution >= 4 is 62.3 Å². The van der Waals surface area contributed by atoms with E-state index in [2.05, 4.69) is 26.2 Å². The topological polar surface area (TPSA) is 42.0 Å². The van der Waals surface area contributed by atoms with Crippen molar-refractivity contribution in [2.75, 3.05) is 5.32 Å². The Morgan fingerprint density at radius 1 is 1.15 bits per heavy atom. The number of carbonyl (C=O) groups excluding carboxylic acids is 1. The smallest absolute Gasteiger partial charge is 0.255 e. The van der Waals surface area contributed by atoms with Crippen LogP contribution in [0, 0.1) is 6.92 Å². The molecule has 1 amide bonds. The van der Waals surface area contributed by atoms with Crippen LogP contribution in [-0.2, 0) is 0 Å². The van der Waals surface area contributed by atoms with Gasteiger partial charge in [-0.05, 0) is 36.8 Å². The average Bonchev–Trinajstić information content (AvgIpc) is 2.32. The second kappa shape index (κ2) is 6.31. The van der Waals surface area contributed by atoms with Gasteiger partial charge in [-0.2, -0.15) is 0 Å². The quantitative estimate of drug-likeness (QED) is 0.696. The summed E-state index contributed by atoms with van der Waals surface area (Å²) >= 11 is 21.0. The first-order chi connectivity index (χ1) is 9.36. The number of hydrogen-bond donors (Lipinski definition) is 1. The Kier molecular flexibility index (Phi) is 4.91. The molecule has 1 aromatic heterocycles. The van der Waals surface area contributed by atoms with Gasteiger partial charge in [0.1, 0.15) is 10.3 Å². The molecule has 0 saturated carbocycles. The van der Waals surface area contributed by atoms with Crippen molar-refractivity contribution in [1.29, 1.82) is 0 Å². The Balaban J connectivity index is 2.32. The van der Waals surface area contributed by atoms with Crippen molar-refractivity contribution in [2.45, 2.75) is 6.92 Å². The van der Waals surface area contributed by atoms with Crippen LogP contribution in [0.15, 0.2) is 28.7 Å². The Bertz CT molecular complexity index is 648. The summed E-state index contributed by atoms with van der Waals surface area (Å²) in [6.45, 7) is 1.85. The van der Waals surface area contributed by atoms with Gasteiger partial charge in [-0.25, -0.2) is 4.98 Å². The van der Waals surface area contributed by atoms with Gasteiger partial charge in [0.05, 0.1) is 10.7 Å². The average molecular weight is 394 g/mol. The van der Waals surface area contributed by atoms with Gasteiger partial charge in [-0.1, -0.05) is 50.7 Å². The summed E-state index contributed by atoms with van der Waals surface area (Å²) < 4.78 is 0.841. The van der Waals surface area contributed by atoms with Crippen LogP contribution in [0.5, 0.6) is 0 Å². The van der Waals surface area contributed by atoms with Crippen LogP contribution < -0.4 is 5.32 Å². The Morgan fingerprint density at radius 3 is 2.30 bits per heavy atom. The highest BCUT2D eigenvalue weighted by molar-refractivity contribution is 9.10. The van der Waals surface area contributed by atoms with Crippen LogP contribution >= 0.6 is 50.7 Å². The van der Waals surface area contributed by atoms with Gasteiger partial charge in [-0.15, -0.1) is 0 Å². The molecule has 2 rings (SSSR count). The van der Waals surface area contributed by atoms with E-state index < -0.39 is 0 Å². The SMILES string of the molecule is Cc1cc(Br)cc(Cl)c1NC(=O)c1cc(Cl)nc(Cl)c1. The van der Waals surface area contributed by atoms with Crippen LogP contribution in [-0.4, -0.2) is 10.9 Å². The monoisotopic (exact) mass is 392 g/mol. The third-order valence-corrected chi connectivity index (χ3v) is 3.66. The van der Waals surface area contributed by atoms with E-state index in [4.69, 9.17) is 34.8 Å². The van der Waals surface area contributed by atoms with Gasteiger partial charge in [0, 0.05) is 10.0 Å². The van der Waals surface area contributed by atoms with E-state index in [1.807, 2.05) is 13.0 Å². The molecule has 2 aromatic rings. The minimum Gasteiger partial charge on any atom is -0.320 e. The molecule has 0 bridgehead atoms. The minimum atomic E-state index is -0.358. The van der Waals surface area contributed by atoms with Crippen molar-refractivity contribution in [1.82, 2.24) is 4.98 Å². The molecule has 1 N–H and O–H groups in total. The number of halogens is 4. The van der Waals surface area contributed by atoms with E-state index >= 15 is 0 Å². The summed E-state index contributed by atoms with van der Waals surface area (Å²) in [4.78, 5) is 16.0. The van der Waals surface area contributed by atoms with Crippen LogP contribution in [0.4, 0.5) is 5.69 Å². The van der Waals surface area contributed by atoms with Gasteiger partial charge < -0.3 is 5.32 Å². The summed E-state index contributed by atoms with van der Waals surface area (Å²) in [5, 5.41) is 3.49. The predicted octanol–water partition coefficient (Wildman–Crippen LogP) is 5.37. The van der Waals surface area contributed by atoms with Gasteiger partial charge in [-0.3, -0.25) is 4.79 Å². The molecular weight excluding hydrogens is 386 g/mol. The third-order valence-electron chi connectivity index (χ3n) is 2.52. The molecule has 0 unspecified atom stereocenters. The first-order valence-electron chi connectivity index (χ1n) is 5.47. The van der Waals surface area contributed by atoms with Crippen molar-refractivity contribution in [3.63, 3.8) is 0 Å². The lowest BCUT2D eigenvalue weighted by atomic mass is 10.2. The summed E-state index contributed by atoms with van der Waals surface area (Å²) in [6.07, 6.45) is 0. The first kappa shape index (κ1) is 15.6. The van der Waals surface area contributed by atoms with Crippen LogP contribution in [0.25, 0.3) is 0 Å². The van der Waals surface area contributed by atoms with E-state index in [1.165, 1.54) is 12.1 Å². The minimum absolute atomic E-state index is 0.154. The lowest BCUT2D eigenvalue weighted by Gasteiger charge is -2.11. The Morgan fingerprint density at radius 2 is 1.75 bits per heavy atom. The number of aryl methyl sites for hydroxylation is 1. The normalized spacial score (nSPS) is 10.4. The van der Waals surface area contributed by atoms with Crippen molar-refractivity contribution in [3.8, 4) is 0 Å². The number of aromatic nitrogens is 1. The molecule has 3 nitrogen and oxygen atoms in total. The fourth-order valence-corrected chi connectivity index (χ4v) is 3.12. The van der Waals surface area contributed by atoms with E-state index in [1.54, 1.807) is 6.07 Å². The Labute approximate surface area is 139 Å². The molecular formula is C13H8BrCl3N2O. The fourth-order valence-electron chi connectivity index (χ4n) is 1.64. The standard InChI is InChI=1S/C13H8BrCl3N2O/c1-6-2-8(14)5-9(15)12(6)19-13(20)7-3-10(16)18-11(17)4-7/h2-5H,1H3,(H,19,20). The number of rotatable bonds is 2. The molecule has 0 spiro atoms. The zero-order valence-corrected chi connectivity index (χ0v) is 14.0. The highest BCUT2D eigenvalue weighted by Gasteiger charge is 2.13. The molecule has 1 aromatic carbocycles. The second-order valence-corrected chi connectivity index (χ2v) is 6.13. The van der Waals surface area contributed by atoms with Crippen molar-refractivity contribution in [3.05, 3.63) is 55.2 Å². The Hall–Kier alpha value is -0.810. The largest absolute Gasteiger partial charge is 0.320 e. The van der Waals surface area contributed by atoms with Crippen LogP contribution in [0.3, 0.4) is 0 Å².